The van der Waals surface area contributed by atoms with Crippen LogP contribution in [0.2, 0.25) is 0 Å². The summed E-state index contributed by atoms with van der Waals surface area (Å²) in [6.07, 6.45) is 2.33. The van der Waals surface area contributed by atoms with Gasteiger partial charge in [-0.3, -0.25) is 4.79 Å². The molecule has 1 aromatic carbocycles. The van der Waals surface area contributed by atoms with Crippen LogP contribution in [-0.4, -0.2) is 32.3 Å². The molecule has 0 heterocycles. The first-order chi connectivity index (χ1) is 9.31. The summed E-state index contributed by atoms with van der Waals surface area (Å²) in [5.74, 6) is 0.463. The van der Waals surface area contributed by atoms with Gasteiger partial charge in [0.25, 0.3) is 15.0 Å². The first kappa shape index (κ1) is 15.3. The number of hydrogen-bond acceptors (Lipinski definition) is 3. The van der Waals surface area contributed by atoms with E-state index in [1.54, 1.807) is 17.9 Å². The molecule has 1 aromatic rings. The Hall–Kier alpha value is -1.07. The van der Waals surface area contributed by atoms with Crippen LogP contribution >= 0.6 is 10.7 Å². The van der Waals surface area contributed by atoms with Gasteiger partial charge < -0.3 is 4.90 Å². The Balaban J connectivity index is 2.30. The van der Waals surface area contributed by atoms with Crippen LogP contribution in [0.1, 0.15) is 35.7 Å². The summed E-state index contributed by atoms with van der Waals surface area (Å²) < 4.78 is 22.9. The zero-order valence-corrected chi connectivity index (χ0v) is 13.2. The van der Waals surface area contributed by atoms with E-state index >= 15 is 0 Å². The number of halogens is 1. The van der Waals surface area contributed by atoms with E-state index in [-0.39, 0.29) is 10.8 Å². The number of amides is 1. The Morgan fingerprint density at radius 3 is 2.50 bits per heavy atom. The predicted octanol–water partition coefficient (Wildman–Crippen LogP) is 2.79. The van der Waals surface area contributed by atoms with Crippen molar-refractivity contribution in [1.82, 2.24) is 4.90 Å². The van der Waals surface area contributed by atoms with Crippen molar-refractivity contribution < 1.29 is 13.2 Å². The Kier molecular flexibility index (Phi) is 4.39. The third-order valence-electron chi connectivity index (χ3n) is 3.42. The van der Waals surface area contributed by atoms with Crippen molar-refractivity contribution in [2.45, 2.75) is 31.6 Å². The maximum Gasteiger partial charge on any atom is 0.261 e. The maximum atomic E-state index is 12.5. The molecule has 1 saturated carbocycles. The molecule has 0 bridgehead atoms. The van der Waals surface area contributed by atoms with E-state index < -0.39 is 9.05 Å². The third-order valence-corrected chi connectivity index (χ3v) is 4.76. The molecule has 0 atom stereocenters. The molecule has 6 heteroatoms. The molecular weight excluding hydrogens is 298 g/mol. The van der Waals surface area contributed by atoms with Gasteiger partial charge in [0.1, 0.15) is 0 Å². The lowest BCUT2D eigenvalue weighted by molar-refractivity contribution is 0.0756. The minimum Gasteiger partial charge on any atom is -0.339 e. The molecule has 2 rings (SSSR count). The van der Waals surface area contributed by atoms with Crippen molar-refractivity contribution in [2.24, 2.45) is 5.92 Å². The van der Waals surface area contributed by atoms with E-state index in [0.29, 0.717) is 23.6 Å². The molecule has 110 valence electrons. The molecule has 20 heavy (non-hydrogen) atoms. The Morgan fingerprint density at radius 2 is 2.00 bits per heavy atom. The summed E-state index contributed by atoms with van der Waals surface area (Å²) in [6.45, 7) is 5.03. The largest absolute Gasteiger partial charge is 0.339 e. The van der Waals surface area contributed by atoms with Gasteiger partial charge in [-0.2, -0.15) is 0 Å². The number of rotatable bonds is 5. The van der Waals surface area contributed by atoms with Gasteiger partial charge in [0, 0.05) is 29.3 Å². The van der Waals surface area contributed by atoms with Crippen LogP contribution < -0.4 is 0 Å². The number of hydrogen-bond donors (Lipinski definition) is 0. The molecule has 1 fully saturated rings. The molecule has 0 unspecified atom stereocenters. The van der Waals surface area contributed by atoms with Crippen molar-refractivity contribution in [3.05, 3.63) is 29.3 Å². The van der Waals surface area contributed by atoms with Crippen LogP contribution in [-0.2, 0) is 9.05 Å². The standard InChI is InChI=1S/C14H18ClNO3S/c1-3-16(9-11-4-5-11)14(17)12-6-10(2)7-13(8-12)20(15,18)19/h6-8,11H,3-5,9H2,1-2H3. The van der Waals surface area contributed by atoms with Crippen LogP contribution in [0.4, 0.5) is 0 Å². The Morgan fingerprint density at radius 1 is 1.35 bits per heavy atom. The first-order valence-electron chi connectivity index (χ1n) is 6.67. The van der Waals surface area contributed by atoms with Gasteiger partial charge in [0.05, 0.1) is 4.90 Å². The number of nitrogens with zero attached hydrogens (tertiary/aromatic N) is 1. The van der Waals surface area contributed by atoms with Gasteiger partial charge in [-0.05, 0) is 56.4 Å². The molecular formula is C14H18ClNO3S. The predicted molar refractivity (Wildman–Crippen MR) is 78.5 cm³/mol. The van der Waals surface area contributed by atoms with E-state index in [0.717, 1.165) is 6.54 Å². The van der Waals surface area contributed by atoms with Gasteiger partial charge in [0.15, 0.2) is 0 Å². The zero-order chi connectivity index (χ0) is 14.9. The molecule has 0 saturated heterocycles. The van der Waals surface area contributed by atoms with E-state index in [9.17, 15) is 13.2 Å². The SMILES string of the molecule is CCN(CC1CC1)C(=O)c1cc(C)cc(S(=O)(=O)Cl)c1. The quantitative estimate of drug-likeness (QED) is 0.785. The van der Waals surface area contributed by atoms with Crippen molar-refractivity contribution in [1.29, 1.82) is 0 Å². The second kappa shape index (κ2) is 5.74. The lowest BCUT2D eigenvalue weighted by Crippen LogP contribution is -2.32. The number of benzene rings is 1. The van der Waals surface area contributed by atoms with E-state index in [1.807, 2.05) is 6.92 Å². The Bertz CT molecular complexity index is 623. The molecule has 1 aliphatic rings. The van der Waals surface area contributed by atoms with Gasteiger partial charge in [0.2, 0.25) is 0 Å². The number of carbonyl (C=O) groups is 1. The molecule has 0 aromatic heterocycles. The highest BCUT2D eigenvalue weighted by atomic mass is 35.7. The highest BCUT2D eigenvalue weighted by Crippen LogP contribution is 2.30. The highest BCUT2D eigenvalue weighted by molar-refractivity contribution is 8.13. The van der Waals surface area contributed by atoms with Gasteiger partial charge in [-0.25, -0.2) is 8.42 Å². The second-order valence-electron chi connectivity index (χ2n) is 5.26. The van der Waals surface area contributed by atoms with E-state index in [4.69, 9.17) is 10.7 Å². The van der Waals surface area contributed by atoms with E-state index in [1.165, 1.54) is 25.0 Å². The number of carbonyl (C=O) groups excluding carboxylic acids is 1. The van der Waals surface area contributed by atoms with Gasteiger partial charge in [-0.15, -0.1) is 0 Å². The second-order valence-corrected chi connectivity index (χ2v) is 7.83. The third kappa shape index (κ3) is 3.73. The molecule has 1 aliphatic carbocycles. The average molecular weight is 316 g/mol. The summed E-state index contributed by atoms with van der Waals surface area (Å²) in [5.41, 5.74) is 1.09. The monoisotopic (exact) mass is 315 g/mol. The van der Waals surface area contributed by atoms with Crippen LogP contribution in [0, 0.1) is 12.8 Å². The Labute approximate surface area is 124 Å². The fourth-order valence-electron chi connectivity index (χ4n) is 2.16. The summed E-state index contributed by atoms with van der Waals surface area (Å²) in [5, 5.41) is 0. The average Bonchev–Trinajstić information content (AvgIpc) is 3.17. The van der Waals surface area contributed by atoms with Crippen LogP contribution in [0.25, 0.3) is 0 Å². The van der Waals surface area contributed by atoms with Crippen molar-refractivity contribution in [2.75, 3.05) is 13.1 Å². The normalized spacial score (nSPS) is 15.2. The smallest absolute Gasteiger partial charge is 0.261 e. The summed E-state index contributed by atoms with van der Waals surface area (Å²) in [7, 11) is 1.54. The topological polar surface area (TPSA) is 54.5 Å². The van der Waals surface area contributed by atoms with Crippen molar-refractivity contribution in [3.63, 3.8) is 0 Å². The first-order valence-corrected chi connectivity index (χ1v) is 8.98. The molecule has 0 spiro atoms. The van der Waals surface area contributed by atoms with E-state index in [2.05, 4.69) is 0 Å². The molecule has 0 aliphatic heterocycles. The number of aryl methyl sites for hydroxylation is 1. The van der Waals surface area contributed by atoms with Crippen LogP contribution in [0.5, 0.6) is 0 Å². The summed E-state index contributed by atoms with van der Waals surface area (Å²) >= 11 is 0. The fourth-order valence-corrected chi connectivity index (χ4v) is 3.02. The van der Waals surface area contributed by atoms with Crippen LogP contribution in [0.3, 0.4) is 0 Å². The molecule has 4 nitrogen and oxygen atoms in total. The van der Waals surface area contributed by atoms with Crippen molar-refractivity contribution in [3.8, 4) is 0 Å². The summed E-state index contributed by atoms with van der Waals surface area (Å²) in [4.78, 5) is 14.2. The lowest BCUT2D eigenvalue weighted by Gasteiger charge is -2.21. The van der Waals surface area contributed by atoms with Crippen LogP contribution in [0.15, 0.2) is 23.1 Å². The fraction of sp³-hybridized carbons (Fsp3) is 0.500. The minimum absolute atomic E-state index is 0.0232. The van der Waals surface area contributed by atoms with Crippen molar-refractivity contribution >= 4 is 25.6 Å². The summed E-state index contributed by atoms with van der Waals surface area (Å²) in [6, 6.07) is 4.52. The lowest BCUT2D eigenvalue weighted by atomic mass is 10.1. The highest BCUT2D eigenvalue weighted by Gasteiger charge is 2.27. The molecule has 1 amide bonds. The zero-order valence-electron chi connectivity index (χ0n) is 11.6. The molecule has 0 radical (unpaired) electrons. The molecule has 0 N–H and O–H groups in total. The van der Waals surface area contributed by atoms with Gasteiger partial charge >= 0.3 is 0 Å². The minimum atomic E-state index is -3.82. The van der Waals surface area contributed by atoms with Gasteiger partial charge in [-0.1, -0.05) is 0 Å². The maximum absolute atomic E-state index is 12.5.